The summed E-state index contributed by atoms with van der Waals surface area (Å²) in [5.41, 5.74) is 1.94. The minimum absolute atomic E-state index is 0.0283. The number of nitrogens with zero attached hydrogens (tertiary/aromatic N) is 1. The lowest BCUT2D eigenvalue weighted by Gasteiger charge is -2.17. The summed E-state index contributed by atoms with van der Waals surface area (Å²) in [5, 5.41) is 2.81. The molecule has 134 valence electrons. The third-order valence-corrected chi connectivity index (χ3v) is 4.44. The average molecular weight is 352 g/mol. The lowest BCUT2D eigenvalue weighted by molar-refractivity contribution is -0.122. The molecule has 26 heavy (non-hydrogen) atoms. The molecule has 6 nitrogen and oxygen atoms in total. The van der Waals surface area contributed by atoms with E-state index in [0.29, 0.717) is 23.5 Å². The van der Waals surface area contributed by atoms with Gasteiger partial charge < -0.3 is 15.0 Å². The van der Waals surface area contributed by atoms with Crippen LogP contribution in [0.1, 0.15) is 23.7 Å². The van der Waals surface area contributed by atoms with E-state index in [1.165, 1.54) is 6.92 Å². The predicted molar refractivity (Wildman–Crippen MR) is 98.5 cm³/mol. The molecule has 1 aliphatic heterocycles. The number of carbonyl (C=O) groups excluding carboxylic acids is 3. The Morgan fingerprint density at radius 1 is 1.08 bits per heavy atom. The molecule has 0 radical (unpaired) electrons. The highest BCUT2D eigenvalue weighted by atomic mass is 16.5. The highest BCUT2D eigenvalue weighted by molar-refractivity contribution is 6.03. The Kier molecular flexibility index (Phi) is 5.02. The van der Waals surface area contributed by atoms with Gasteiger partial charge in [-0.15, -0.1) is 0 Å². The molecule has 2 amide bonds. The number of methoxy groups -OCH3 is 1. The molecule has 0 aromatic heterocycles. The Hall–Kier alpha value is -3.15. The van der Waals surface area contributed by atoms with Gasteiger partial charge in [-0.3, -0.25) is 14.4 Å². The summed E-state index contributed by atoms with van der Waals surface area (Å²) in [5.74, 6) is -0.0210. The number of ether oxygens (including phenoxy) is 1. The largest absolute Gasteiger partial charge is 0.497 e. The summed E-state index contributed by atoms with van der Waals surface area (Å²) in [7, 11) is 1.58. The number of ketones is 1. The summed E-state index contributed by atoms with van der Waals surface area (Å²) in [6, 6.07) is 13.9. The average Bonchev–Trinajstić information content (AvgIpc) is 3.04. The summed E-state index contributed by atoms with van der Waals surface area (Å²) >= 11 is 0. The molecule has 0 aliphatic carbocycles. The fourth-order valence-corrected chi connectivity index (χ4v) is 2.93. The molecule has 1 fully saturated rings. The van der Waals surface area contributed by atoms with Gasteiger partial charge in [-0.1, -0.05) is 0 Å². The lowest BCUT2D eigenvalue weighted by Crippen LogP contribution is -2.28. The maximum absolute atomic E-state index is 12.5. The Morgan fingerprint density at radius 3 is 2.31 bits per heavy atom. The molecule has 0 unspecified atom stereocenters. The van der Waals surface area contributed by atoms with E-state index in [-0.39, 0.29) is 24.0 Å². The van der Waals surface area contributed by atoms with Gasteiger partial charge in [0.1, 0.15) is 5.75 Å². The van der Waals surface area contributed by atoms with E-state index in [4.69, 9.17) is 4.74 Å². The standard InChI is InChI=1S/C20H20N2O4/c1-13(23)14-3-5-16(6-4-14)21-20(25)15-11-19(24)22(12-15)17-7-9-18(26-2)10-8-17/h3-10,15H,11-12H2,1-2H3,(H,21,25)/t15-/m1/s1. The maximum atomic E-state index is 12.5. The molecule has 1 saturated heterocycles. The van der Waals surface area contributed by atoms with Crippen molar-refractivity contribution in [3.8, 4) is 5.75 Å². The highest BCUT2D eigenvalue weighted by Crippen LogP contribution is 2.27. The minimum Gasteiger partial charge on any atom is -0.497 e. The molecule has 2 aromatic rings. The van der Waals surface area contributed by atoms with E-state index >= 15 is 0 Å². The number of carbonyl (C=O) groups is 3. The summed E-state index contributed by atoms with van der Waals surface area (Å²) in [6.07, 6.45) is 0.170. The van der Waals surface area contributed by atoms with Crippen LogP contribution >= 0.6 is 0 Å². The lowest BCUT2D eigenvalue weighted by atomic mass is 10.1. The van der Waals surface area contributed by atoms with Crippen molar-refractivity contribution in [2.24, 2.45) is 5.92 Å². The van der Waals surface area contributed by atoms with Crippen molar-refractivity contribution in [2.75, 3.05) is 23.9 Å². The zero-order valence-corrected chi connectivity index (χ0v) is 14.7. The van der Waals surface area contributed by atoms with Gasteiger partial charge in [0.15, 0.2) is 5.78 Å². The van der Waals surface area contributed by atoms with Crippen LogP contribution in [0.25, 0.3) is 0 Å². The smallest absolute Gasteiger partial charge is 0.229 e. The van der Waals surface area contributed by atoms with Gasteiger partial charge in [-0.25, -0.2) is 0 Å². The maximum Gasteiger partial charge on any atom is 0.229 e. The van der Waals surface area contributed by atoms with Crippen LogP contribution in [0.4, 0.5) is 11.4 Å². The van der Waals surface area contributed by atoms with Crippen molar-refractivity contribution >= 4 is 29.0 Å². The van der Waals surface area contributed by atoms with Gasteiger partial charge in [0.05, 0.1) is 13.0 Å². The van der Waals surface area contributed by atoms with Gasteiger partial charge in [-0.2, -0.15) is 0 Å². The molecule has 1 heterocycles. The molecule has 0 spiro atoms. The van der Waals surface area contributed by atoms with Gasteiger partial charge in [0.25, 0.3) is 0 Å². The van der Waals surface area contributed by atoms with Crippen LogP contribution in [-0.4, -0.2) is 31.3 Å². The number of hydrogen-bond acceptors (Lipinski definition) is 4. The SMILES string of the molecule is COc1ccc(N2C[C@H](C(=O)Nc3ccc(C(C)=O)cc3)CC2=O)cc1. The predicted octanol–water partition coefficient (Wildman–Crippen LogP) is 2.89. The van der Waals surface area contributed by atoms with Crippen molar-refractivity contribution in [3.05, 3.63) is 54.1 Å². The first kappa shape index (κ1) is 17.7. The molecule has 1 N–H and O–H groups in total. The summed E-state index contributed by atoms with van der Waals surface area (Å²) in [6.45, 7) is 1.83. The number of benzene rings is 2. The molecule has 0 bridgehead atoms. The van der Waals surface area contributed by atoms with Crippen molar-refractivity contribution in [1.29, 1.82) is 0 Å². The van der Waals surface area contributed by atoms with Gasteiger partial charge in [0.2, 0.25) is 11.8 Å². The number of Topliss-reactive ketones (excluding diaryl/α,β-unsaturated/α-hetero) is 1. The Bertz CT molecular complexity index is 828. The number of anilines is 2. The molecule has 2 aromatic carbocycles. The van der Waals surface area contributed by atoms with Gasteiger partial charge in [0, 0.05) is 29.9 Å². The Balaban J connectivity index is 1.65. The van der Waals surface area contributed by atoms with E-state index in [2.05, 4.69) is 5.32 Å². The molecular weight excluding hydrogens is 332 g/mol. The van der Waals surface area contributed by atoms with Crippen LogP contribution in [0.2, 0.25) is 0 Å². The third-order valence-electron chi connectivity index (χ3n) is 4.44. The van der Waals surface area contributed by atoms with E-state index in [1.54, 1.807) is 60.5 Å². The molecule has 1 aliphatic rings. The normalized spacial score (nSPS) is 16.5. The second-order valence-electron chi connectivity index (χ2n) is 6.23. The van der Waals surface area contributed by atoms with Crippen LogP contribution < -0.4 is 15.0 Å². The topological polar surface area (TPSA) is 75.7 Å². The van der Waals surface area contributed by atoms with E-state index in [0.717, 1.165) is 5.69 Å². The monoisotopic (exact) mass is 352 g/mol. The zero-order chi connectivity index (χ0) is 18.7. The van der Waals surface area contributed by atoms with Crippen molar-refractivity contribution in [2.45, 2.75) is 13.3 Å². The first-order valence-corrected chi connectivity index (χ1v) is 8.34. The second-order valence-corrected chi connectivity index (χ2v) is 6.23. The fourth-order valence-electron chi connectivity index (χ4n) is 2.93. The van der Waals surface area contributed by atoms with E-state index in [9.17, 15) is 14.4 Å². The molecular formula is C20H20N2O4. The second kappa shape index (κ2) is 7.39. The Morgan fingerprint density at radius 2 is 1.73 bits per heavy atom. The number of hydrogen-bond donors (Lipinski definition) is 1. The van der Waals surface area contributed by atoms with Crippen LogP contribution in [0.3, 0.4) is 0 Å². The van der Waals surface area contributed by atoms with Crippen molar-refractivity contribution < 1.29 is 19.1 Å². The first-order valence-electron chi connectivity index (χ1n) is 8.34. The van der Waals surface area contributed by atoms with Crippen molar-refractivity contribution in [1.82, 2.24) is 0 Å². The third kappa shape index (κ3) is 3.74. The van der Waals surface area contributed by atoms with Crippen LogP contribution in [-0.2, 0) is 9.59 Å². The Labute approximate surface area is 151 Å². The molecule has 6 heteroatoms. The van der Waals surface area contributed by atoms with Crippen LogP contribution in [0.15, 0.2) is 48.5 Å². The van der Waals surface area contributed by atoms with E-state index in [1.807, 2.05) is 0 Å². The minimum atomic E-state index is -0.419. The molecule has 3 rings (SSSR count). The highest BCUT2D eigenvalue weighted by Gasteiger charge is 2.35. The summed E-state index contributed by atoms with van der Waals surface area (Å²) < 4.78 is 5.12. The fraction of sp³-hybridized carbons (Fsp3) is 0.250. The molecule has 0 saturated carbocycles. The number of nitrogens with one attached hydrogen (secondary N) is 1. The first-order chi connectivity index (χ1) is 12.5. The van der Waals surface area contributed by atoms with Crippen molar-refractivity contribution in [3.63, 3.8) is 0 Å². The number of rotatable bonds is 5. The molecule has 1 atom stereocenters. The van der Waals surface area contributed by atoms with E-state index < -0.39 is 5.92 Å². The summed E-state index contributed by atoms with van der Waals surface area (Å²) in [4.78, 5) is 37.7. The zero-order valence-electron chi connectivity index (χ0n) is 14.7. The van der Waals surface area contributed by atoms with Gasteiger partial charge >= 0.3 is 0 Å². The van der Waals surface area contributed by atoms with Crippen LogP contribution in [0, 0.1) is 5.92 Å². The number of amides is 2. The van der Waals surface area contributed by atoms with Gasteiger partial charge in [-0.05, 0) is 55.5 Å². The van der Waals surface area contributed by atoms with Crippen LogP contribution in [0.5, 0.6) is 5.75 Å². The quantitative estimate of drug-likeness (QED) is 0.840.